The number of oxazole rings is 1. The van der Waals surface area contributed by atoms with Crippen LogP contribution in [-0.2, 0) is 11.3 Å². The van der Waals surface area contributed by atoms with E-state index in [0.29, 0.717) is 31.5 Å². The van der Waals surface area contributed by atoms with Gasteiger partial charge in [-0.3, -0.25) is 9.36 Å². The lowest BCUT2D eigenvalue weighted by Crippen LogP contribution is -2.40. The van der Waals surface area contributed by atoms with Crippen LogP contribution in [0.2, 0.25) is 0 Å². The average Bonchev–Trinajstić information content (AvgIpc) is 2.94. The van der Waals surface area contributed by atoms with Gasteiger partial charge in [0.1, 0.15) is 0 Å². The van der Waals surface area contributed by atoms with E-state index in [1.807, 2.05) is 18.2 Å². The Morgan fingerprint density at radius 2 is 1.89 bits per heavy atom. The maximum absolute atomic E-state index is 12.0. The van der Waals surface area contributed by atoms with Gasteiger partial charge in [-0.25, -0.2) is 4.79 Å². The highest BCUT2D eigenvalue weighted by Crippen LogP contribution is 2.20. The average molecular weight is 373 g/mol. The maximum Gasteiger partial charge on any atom is 0.419 e. The molecular weight excluding hydrogens is 342 g/mol. The number of nitrogens with zero attached hydrogens (tertiary/aromatic N) is 2. The lowest BCUT2D eigenvalue weighted by molar-refractivity contribution is -0.121. The van der Waals surface area contributed by atoms with Crippen molar-refractivity contribution in [2.45, 2.75) is 46.1 Å². The summed E-state index contributed by atoms with van der Waals surface area (Å²) < 4.78 is 6.81. The molecule has 1 aromatic carbocycles. The van der Waals surface area contributed by atoms with Gasteiger partial charge in [0, 0.05) is 32.6 Å². The highest BCUT2D eigenvalue weighted by Gasteiger charge is 2.21. The molecule has 0 spiro atoms. The predicted molar refractivity (Wildman–Crippen MR) is 107 cm³/mol. The number of fused-ring (bicyclic) bond motifs is 1. The minimum Gasteiger partial charge on any atom is -0.408 e. The number of rotatable bonds is 8. The van der Waals surface area contributed by atoms with Crippen LogP contribution in [0.15, 0.2) is 33.5 Å². The van der Waals surface area contributed by atoms with Gasteiger partial charge < -0.3 is 14.6 Å². The monoisotopic (exact) mass is 373 g/mol. The molecule has 6 nitrogen and oxygen atoms in total. The smallest absolute Gasteiger partial charge is 0.408 e. The number of benzene rings is 1. The number of nitrogens with one attached hydrogen (secondary N) is 1. The maximum atomic E-state index is 12.0. The fourth-order valence-electron chi connectivity index (χ4n) is 4.22. The SMILES string of the molecule is C[C@H]1C[C@H](C)CN(CCCNC(=O)CCCn2c(=O)oc3ccccc32)C1. The molecule has 2 heterocycles. The fourth-order valence-corrected chi connectivity index (χ4v) is 4.22. The van der Waals surface area contributed by atoms with Crippen LogP contribution in [0.3, 0.4) is 0 Å². The van der Waals surface area contributed by atoms with Crippen LogP contribution in [0, 0.1) is 11.8 Å². The number of aromatic nitrogens is 1. The van der Waals surface area contributed by atoms with Crippen LogP contribution >= 0.6 is 0 Å². The molecule has 0 bridgehead atoms. The molecule has 1 amide bonds. The number of hydrogen-bond donors (Lipinski definition) is 1. The number of piperidine rings is 1. The van der Waals surface area contributed by atoms with Crippen LogP contribution in [0.25, 0.3) is 11.1 Å². The summed E-state index contributed by atoms with van der Waals surface area (Å²) >= 11 is 0. The van der Waals surface area contributed by atoms with E-state index in [0.717, 1.165) is 30.3 Å². The molecule has 1 aliphatic heterocycles. The lowest BCUT2D eigenvalue weighted by atomic mass is 9.92. The summed E-state index contributed by atoms with van der Waals surface area (Å²) in [5.41, 5.74) is 1.38. The van der Waals surface area contributed by atoms with Gasteiger partial charge in [-0.2, -0.15) is 0 Å². The summed E-state index contributed by atoms with van der Waals surface area (Å²) in [5, 5.41) is 3.00. The van der Waals surface area contributed by atoms with Crippen molar-refractivity contribution in [1.29, 1.82) is 0 Å². The highest BCUT2D eigenvalue weighted by molar-refractivity contribution is 5.76. The predicted octanol–water partition coefficient (Wildman–Crippen LogP) is 2.86. The molecule has 1 aliphatic rings. The second kappa shape index (κ2) is 9.22. The first-order valence-corrected chi connectivity index (χ1v) is 10.1. The van der Waals surface area contributed by atoms with Gasteiger partial charge >= 0.3 is 5.76 Å². The minimum absolute atomic E-state index is 0.0521. The third-order valence-electron chi connectivity index (χ3n) is 5.28. The molecular formula is C21H31N3O3. The summed E-state index contributed by atoms with van der Waals surface area (Å²) in [4.78, 5) is 26.5. The molecule has 27 heavy (non-hydrogen) atoms. The molecule has 2 aromatic rings. The van der Waals surface area contributed by atoms with E-state index in [1.165, 1.54) is 19.5 Å². The Hall–Kier alpha value is -2.08. The van der Waals surface area contributed by atoms with Crippen LogP contribution < -0.4 is 11.1 Å². The van der Waals surface area contributed by atoms with Crippen LogP contribution in [0.5, 0.6) is 0 Å². The van der Waals surface area contributed by atoms with Crippen molar-refractivity contribution in [1.82, 2.24) is 14.8 Å². The first-order valence-electron chi connectivity index (χ1n) is 10.1. The number of amides is 1. The second-order valence-corrected chi connectivity index (χ2v) is 8.00. The zero-order valence-electron chi connectivity index (χ0n) is 16.4. The van der Waals surface area contributed by atoms with Crippen LogP contribution in [-0.4, -0.2) is 41.6 Å². The zero-order chi connectivity index (χ0) is 19.2. The summed E-state index contributed by atoms with van der Waals surface area (Å²) in [5.74, 6) is 1.23. The molecule has 0 saturated carbocycles. The summed E-state index contributed by atoms with van der Waals surface area (Å²) in [7, 11) is 0. The van der Waals surface area contributed by atoms with Crippen molar-refractivity contribution in [2.24, 2.45) is 11.8 Å². The molecule has 1 fully saturated rings. The van der Waals surface area contributed by atoms with Gasteiger partial charge in [0.05, 0.1) is 5.52 Å². The Balaban J connectivity index is 1.34. The quantitative estimate of drug-likeness (QED) is 0.723. The minimum atomic E-state index is -0.360. The Morgan fingerprint density at radius 1 is 1.15 bits per heavy atom. The highest BCUT2D eigenvalue weighted by atomic mass is 16.4. The van der Waals surface area contributed by atoms with E-state index in [-0.39, 0.29) is 11.7 Å². The van der Waals surface area contributed by atoms with E-state index in [1.54, 1.807) is 10.6 Å². The van der Waals surface area contributed by atoms with Crippen molar-refractivity contribution in [3.63, 3.8) is 0 Å². The molecule has 0 radical (unpaired) electrons. The van der Waals surface area contributed by atoms with Crippen molar-refractivity contribution in [3.8, 4) is 0 Å². The molecule has 1 aromatic heterocycles. The number of hydrogen-bond acceptors (Lipinski definition) is 4. The molecule has 1 N–H and O–H groups in total. The number of carbonyl (C=O) groups excluding carboxylic acids is 1. The number of likely N-dealkylation sites (tertiary alicyclic amines) is 1. The summed E-state index contributed by atoms with van der Waals surface area (Å²) in [6.07, 6.45) is 3.35. The Kier molecular flexibility index (Phi) is 6.72. The van der Waals surface area contributed by atoms with E-state index >= 15 is 0 Å². The third kappa shape index (κ3) is 5.45. The first-order chi connectivity index (χ1) is 13.0. The molecule has 3 rings (SSSR count). The van der Waals surface area contributed by atoms with E-state index in [2.05, 4.69) is 24.1 Å². The summed E-state index contributed by atoms with van der Waals surface area (Å²) in [6.45, 7) is 9.24. The lowest BCUT2D eigenvalue weighted by Gasteiger charge is -2.34. The van der Waals surface area contributed by atoms with Crippen molar-refractivity contribution >= 4 is 17.0 Å². The van der Waals surface area contributed by atoms with Gasteiger partial charge in [0.15, 0.2) is 5.58 Å². The Morgan fingerprint density at radius 3 is 2.67 bits per heavy atom. The normalized spacial score (nSPS) is 20.8. The van der Waals surface area contributed by atoms with Gasteiger partial charge in [0.25, 0.3) is 0 Å². The van der Waals surface area contributed by atoms with Crippen molar-refractivity contribution in [3.05, 3.63) is 34.8 Å². The van der Waals surface area contributed by atoms with Gasteiger partial charge in [-0.15, -0.1) is 0 Å². The fraction of sp³-hybridized carbons (Fsp3) is 0.619. The molecule has 6 heteroatoms. The van der Waals surface area contributed by atoms with Crippen molar-refractivity contribution < 1.29 is 9.21 Å². The van der Waals surface area contributed by atoms with Gasteiger partial charge in [0.2, 0.25) is 5.91 Å². The Bertz CT molecular complexity index is 800. The molecule has 0 aliphatic carbocycles. The topological polar surface area (TPSA) is 67.5 Å². The van der Waals surface area contributed by atoms with E-state index in [9.17, 15) is 9.59 Å². The number of para-hydroxylation sites is 2. The second-order valence-electron chi connectivity index (χ2n) is 8.00. The summed E-state index contributed by atoms with van der Waals surface area (Å²) in [6, 6.07) is 7.37. The largest absolute Gasteiger partial charge is 0.419 e. The van der Waals surface area contributed by atoms with Crippen LogP contribution in [0.4, 0.5) is 0 Å². The number of aryl methyl sites for hydroxylation is 1. The number of carbonyl (C=O) groups is 1. The first kappa shape index (κ1) is 19.7. The van der Waals surface area contributed by atoms with Crippen LogP contribution in [0.1, 0.15) is 39.5 Å². The third-order valence-corrected chi connectivity index (χ3v) is 5.28. The van der Waals surface area contributed by atoms with Gasteiger partial charge in [-0.05, 0) is 49.8 Å². The van der Waals surface area contributed by atoms with E-state index < -0.39 is 0 Å². The molecule has 148 valence electrons. The van der Waals surface area contributed by atoms with E-state index in [4.69, 9.17) is 4.42 Å². The molecule has 2 atom stereocenters. The molecule has 1 saturated heterocycles. The van der Waals surface area contributed by atoms with Crippen molar-refractivity contribution in [2.75, 3.05) is 26.2 Å². The van der Waals surface area contributed by atoms with Gasteiger partial charge in [-0.1, -0.05) is 26.0 Å². The standard InChI is InChI=1S/C21H31N3O3/c1-16-13-17(2)15-23(14-16)11-6-10-22-20(25)9-5-12-24-18-7-3-4-8-19(18)27-21(24)26/h3-4,7-8,16-17H,5-6,9-15H2,1-2H3,(H,22,25)/t16-,17-/m0/s1. The molecule has 0 unspecified atom stereocenters. The Labute approximate surface area is 160 Å². The zero-order valence-corrected chi connectivity index (χ0v) is 16.4.